The summed E-state index contributed by atoms with van der Waals surface area (Å²) in [5.74, 6) is -0.0831. The third-order valence-electron chi connectivity index (χ3n) is 2.80. The molecule has 0 fully saturated rings. The molecule has 0 aliphatic heterocycles. The molecule has 2 heterocycles. The van der Waals surface area contributed by atoms with Gasteiger partial charge in [0.1, 0.15) is 5.15 Å². The first-order chi connectivity index (χ1) is 9.10. The molecule has 2 rings (SSSR count). The van der Waals surface area contributed by atoms with Gasteiger partial charge in [-0.1, -0.05) is 18.5 Å². The van der Waals surface area contributed by atoms with Crippen molar-refractivity contribution in [3.8, 4) is 0 Å². The number of carbonyl (C=O) groups is 1. The zero-order valence-corrected chi connectivity index (χ0v) is 11.6. The van der Waals surface area contributed by atoms with E-state index in [0.717, 1.165) is 17.7 Å². The van der Waals surface area contributed by atoms with Gasteiger partial charge in [-0.05, 0) is 24.6 Å². The van der Waals surface area contributed by atoms with Crippen molar-refractivity contribution < 1.29 is 9.21 Å². The van der Waals surface area contributed by atoms with E-state index in [9.17, 15) is 4.79 Å². The summed E-state index contributed by atoms with van der Waals surface area (Å²) >= 11 is 5.92. The molecule has 0 saturated carbocycles. The highest BCUT2D eigenvalue weighted by atomic mass is 35.5. The summed E-state index contributed by atoms with van der Waals surface area (Å²) in [6.45, 7) is 2.47. The fourth-order valence-corrected chi connectivity index (χ4v) is 2.03. The van der Waals surface area contributed by atoms with Crippen molar-refractivity contribution in [1.82, 2.24) is 9.88 Å². The predicted molar refractivity (Wildman–Crippen MR) is 73.1 cm³/mol. The summed E-state index contributed by atoms with van der Waals surface area (Å²) in [4.78, 5) is 18.1. The van der Waals surface area contributed by atoms with Gasteiger partial charge in [0.05, 0.1) is 12.5 Å². The lowest BCUT2D eigenvalue weighted by Crippen LogP contribution is -2.26. The van der Waals surface area contributed by atoms with E-state index in [-0.39, 0.29) is 5.91 Å². The number of rotatable bonds is 4. The summed E-state index contributed by atoms with van der Waals surface area (Å²) < 4.78 is 4.99. The van der Waals surface area contributed by atoms with E-state index in [1.165, 1.54) is 0 Å². The van der Waals surface area contributed by atoms with Gasteiger partial charge in [-0.2, -0.15) is 0 Å². The largest absolute Gasteiger partial charge is 0.472 e. The average molecular weight is 279 g/mol. The molecule has 19 heavy (non-hydrogen) atoms. The first-order valence-electron chi connectivity index (χ1n) is 6.03. The minimum absolute atomic E-state index is 0.0831. The molecule has 5 heteroatoms. The molecule has 0 aliphatic carbocycles. The van der Waals surface area contributed by atoms with Crippen LogP contribution >= 0.6 is 11.6 Å². The molecule has 0 atom stereocenters. The number of nitrogens with zero attached hydrogens (tertiary/aromatic N) is 2. The third kappa shape index (κ3) is 3.35. The first-order valence-corrected chi connectivity index (χ1v) is 6.41. The Labute approximate surface area is 117 Å². The van der Waals surface area contributed by atoms with E-state index in [4.69, 9.17) is 16.0 Å². The van der Waals surface area contributed by atoms with Crippen LogP contribution in [-0.4, -0.2) is 22.8 Å². The average Bonchev–Trinajstić information content (AvgIpc) is 2.89. The summed E-state index contributed by atoms with van der Waals surface area (Å²) in [7, 11) is 1.75. The summed E-state index contributed by atoms with van der Waals surface area (Å²) in [6, 6.07) is 5.20. The molecule has 1 amide bonds. The Morgan fingerprint density at radius 2 is 2.26 bits per heavy atom. The van der Waals surface area contributed by atoms with Gasteiger partial charge in [0.15, 0.2) is 0 Å². The number of carbonyl (C=O) groups excluding carboxylic acids is 1. The van der Waals surface area contributed by atoms with Crippen molar-refractivity contribution in [3.63, 3.8) is 0 Å². The minimum atomic E-state index is -0.0831. The maximum absolute atomic E-state index is 12.3. The van der Waals surface area contributed by atoms with Gasteiger partial charge in [-0.15, -0.1) is 0 Å². The van der Waals surface area contributed by atoms with Crippen LogP contribution in [0.4, 0.5) is 0 Å². The van der Waals surface area contributed by atoms with Crippen LogP contribution in [0.2, 0.25) is 5.15 Å². The van der Waals surface area contributed by atoms with Crippen LogP contribution in [-0.2, 0) is 13.0 Å². The van der Waals surface area contributed by atoms with E-state index in [1.807, 2.05) is 13.0 Å². The maximum Gasteiger partial charge on any atom is 0.254 e. The van der Waals surface area contributed by atoms with Crippen LogP contribution in [0.15, 0.2) is 35.1 Å². The molecule has 2 aromatic rings. The summed E-state index contributed by atoms with van der Waals surface area (Å²) in [5.41, 5.74) is 2.32. The standard InChI is InChI=1S/C14H15ClN2O2/c1-3-12-6-11(7-13(15)16-12)14(18)17(2)8-10-4-5-19-9-10/h4-7,9H,3,8H2,1-2H3. The van der Waals surface area contributed by atoms with Crippen LogP contribution in [0, 0.1) is 0 Å². The van der Waals surface area contributed by atoms with Gasteiger partial charge >= 0.3 is 0 Å². The van der Waals surface area contributed by atoms with Gasteiger partial charge in [-0.25, -0.2) is 4.98 Å². The molecule has 4 nitrogen and oxygen atoms in total. The first kappa shape index (κ1) is 13.6. The quantitative estimate of drug-likeness (QED) is 0.807. The van der Waals surface area contributed by atoms with Gasteiger partial charge in [-0.3, -0.25) is 4.79 Å². The number of aryl methyl sites for hydroxylation is 1. The van der Waals surface area contributed by atoms with Gasteiger partial charge < -0.3 is 9.32 Å². The monoisotopic (exact) mass is 278 g/mol. The topological polar surface area (TPSA) is 46.3 Å². The second-order valence-corrected chi connectivity index (χ2v) is 4.70. The fourth-order valence-electron chi connectivity index (χ4n) is 1.80. The van der Waals surface area contributed by atoms with E-state index in [0.29, 0.717) is 17.3 Å². The van der Waals surface area contributed by atoms with Crippen LogP contribution in [0.25, 0.3) is 0 Å². The highest BCUT2D eigenvalue weighted by Crippen LogP contribution is 2.14. The Hall–Kier alpha value is -1.81. The summed E-state index contributed by atoms with van der Waals surface area (Å²) in [6.07, 6.45) is 3.96. The van der Waals surface area contributed by atoms with E-state index in [2.05, 4.69) is 4.98 Å². The molecule has 0 spiro atoms. The van der Waals surface area contributed by atoms with Gasteiger partial charge in [0, 0.05) is 30.4 Å². The lowest BCUT2D eigenvalue weighted by molar-refractivity contribution is 0.0784. The predicted octanol–water partition coefficient (Wildman–Crippen LogP) is 3.16. The second kappa shape index (κ2) is 5.89. The Balaban J connectivity index is 2.16. The minimum Gasteiger partial charge on any atom is -0.472 e. The van der Waals surface area contributed by atoms with Crippen molar-refractivity contribution in [1.29, 1.82) is 0 Å². The molecule has 0 saturated heterocycles. The fraction of sp³-hybridized carbons (Fsp3) is 0.286. The number of furan rings is 1. The number of aromatic nitrogens is 1. The highest BCUT2D eigenvalue weighted by molar-refractivity contribution is 6.29. The molecule has 0 aromatic carbocycles. The molecule has 2 aromatic heterocycles. The zero-order chi connectivity index (χ0) is 13.8. The second-order valence-electron chi connectivity index (χ2n) is 4.32. The molecular weight excluding hydrogens is 264 g/mol. The van der Waals surface area contributed by atoms with E-state index in [1.54, 1.807) is 36.6 Å². The Morgan fingerprint density at radius 1 is 1.47 bits per heavy atom. The Bertz CT molecular complexity index is 567. The molecule has 0 bridgehead atoms. The number of pyridine rings is 1. The van der Waals surface area contributed by atoms with E-state index < -0.39 is 0 Å². The van der Waals surface area contributed by atoms with Crippen LogP contribution in [0.1, 0.15) is 28.5 Å². The lowest BCUT2D eigenvalue weighted by atomic mass is 10.1. The maximum atomic E-state index is 12.3. The van der Waals surface area contributed by atoms with Gasteiger partial charge in [0.25, 0.3) is 5.91 Å². The smallest absolute Gasteiger partial charge is 0.254 e. The van der Waals surface area contributed by atoms with Crippen LogP contribution in [0.5, 0.6) is 0 Å². The van der Waals surface area contributed by atoms with Crippen molar-refractivity contribution >= 4 is 17.5 Å². The van der Waals surface area contributed by atoms with Crippen LogP contribution in [0.3, 0.4) is 0 Å². The summed E-state index contributed by atoms with van der Waals surface area (Å²) in [5, 5.41) is 0.347. The molecule has 0 radical (unpaired) electrons. The molecule has 0 aliphatic rings. The lowest BCUT2D eigenvalue weighted by Gasteiger charge is -2.16. The molecule has 0 N–H and O–H groups in total. The van der Waals surface area contributed by atoms with Crippen molar-refractivity contribution in [2.45, 2.75) is 19.9 Å². The van der Waals surface area contributed by atoms with Gasteiger partial charge in [0.2, 0.25) is 0 Å². The SMILES string of the molecule is CCc1cc(C(=O)N(C)Cc2ccoc2)cc(Cl)n1. The van der Waals surface area contributed by atoms with Crippen molar-refractivity contribution in [2.24, 2.45) is 0 Å². The Morgan fingerprint density at radius 3 is 2.89 bits per heavy atom. The number of hydrogen-bond acceptors (Lipinski definition) is 3. The van der Waals surface area contributed by atoms with Crippen molar-refractivity contribution in [3.05, 3.63) is 52.7 Å². The number of amides is 1. The van der Waals surface area contributed by atoms with Crippen LogP contribution < -0.4 is 0 Å². The highest BCUT2D eigenvalue weighted by Gasteiger charge is 2.14. The zero-order valence-electron chi connectivity index (χ0n) is 10.9. The molecule has 100 valence electrons. The van der Waals surface area contributed by atoms with Crippen molar-refractivity contribution in [2.75, 3.05) is 7.05 Å². The number of hydrogen-bond donors (Lipinski definition) is 0. The molecular formula is C14H15ClN2O2. The molecule has 0 unspecified atom stereocenters. The third-order valence-corrected chi connectivity index (χ3v) is 3.00. The normalized spacial score (nSPS) is 10.5. The van der Waals surface area contributed by atoms with E-state index >= 15 is 0 Å². The Kier molecular flexibility index (Phi) is 4.22. The number of halogens is 1.